The molecule has 26 heavy (non-hydrogen) atoms. The number of nitrogens with zero attached hydrogens (tertiary/aromatic N) is 2. The van der Waals surface area contributed by atoms with E-state index in [1.54, 1.807) is 0 Å². The van der Waals surface area contributed by atoms with Gasteiger partial charge in [-0.05, 0) is 25.3 Å². The molecule has 1 amide bonds. The Balaban J connectivity index is 1.60. The van der Waals surface area contributed by atoms with Gasteiger partial charge in [0.15, 0.2) is 5.16 Å². The van der Waals surface area contributed by atoms with Crippen LogP contribution in [0.1, 0.15) is 48.9 Å². The summed E-state index contributed by atoms with van der Waals surface area (Å²) in [6.45, 7) is 2.65. The Morgan fingerprint density at radius 3 is 2.69 bits per heavy atom. The number of hydrogen-bond donors (Lipinski definition) is 2. The molecule has 140 valence electrons. The van der Waals surface area contributed by atoms with Gasteiger partial charge in [0.2, 0.25) is 5.91 Å². The van der Waals surface area contributed by atoms with E-state index in [1.165, 1.54) is 42.2 Å². The fraction of sp³-hybridized carbons (Fsp3) is 0.500. The van der Waals surface area contributed by atoms with Gasteiger partial charge in [-0.1, -0.05) is 60.9 Å². The van der Waals surface area contributed by atoms with Crippen molar-refractivity contribution in [3.8, 4) is 0 Å². The van der Waals surface area contributed by atoms with Crippen molar-refractivity contribution in [1.82, 2.24) is 14.9 Å². The maximum absolute atomic E-state index is 12.2. The van der Waals surface area contributed by atoms with E-state index in [9.17, 15) is 9.90 Å². The van der Waals surface area contributed by atoms with Crippen LogP contribution in [0, 0.1) is 6.92 Å². The number of aryl methyl sites for hydroxylation is 1. The molecule has 5 nitrogen and oxygen atoms in total. The van der Waals surface area contributed by atoms with Gasteiger partial charge in [-0.3, -0.25) is 4.79 Å². The summed E-state index contributed by atoms with van der Waals surface area (Å²) in [7, 11) is 0. The van der Waals surface area contributed by atoms with Crippen molar-refractivity contribution in [1.29, 1.82) is 0 Å². The minimum absolute atomic E-state index is 0.0670. The highest BCUT2D eigenvalue weighted by Gasteiger charge is 2.17. The molecule has 6 heteroatoms. The Bertz CT molecular complexity index is 721. The van der Waals surface area contributed by atoms with Gasteiger partial charge in [-0.25, -0.2) is 4.98 Å². The third-order valence-corrected chi connectivity index (χ3v) is 5.72. The van der Waals surface area contributed by atoms with Gasteiger partial charge in [-0.15, -0.1) is 0 Å². The highest BCUT2D eigenvalue weighted by Crippen LogP contribution is 2.21. The van der Waals surface area contributed by atoms with Crippen LogP contribution >= 0.6 is 11.8 Å². The second-order valence-electron chi connectivity index (χ2n) is 6.98. The molecule has 1 fully saturated rings. The molecular formula is C20H27N3O2S. The zero-order valence-electron chi connectivity index (χ0n) is 15.3. The zero-order chi connectivity index (χ0) is 18.4. The van der Waals surface area contributed by atoms with Crippen molar-refractivity contribution in [2.24, 2.45) is 0 Å². The minimum atomic E-state index is -0.0945. The van der Waals surface area contributed by atoms with Crippen LogP contribution in [0.5, 0.6) is 0 Å². The molecule has 1 aromatic carbocycles. The van der Waals surface area contributed by atoms with Gasteiger partial charge >= 0.3 is 0 Å². The fourth-order valence-electron chi connectivity index (χ4n) is 3.29. The molecule has 1 aliphatic carbocycles. The highest BCUT2D eigenvalue weighted by atomic mass is 32.2. The van der Waals surface area contributed by atoms with Crippen molar-refractivity contribution in [2.45, 2.75) is 63.4 Å². The van der Waals surface area contributed by atoms with Gasteiger partial charge in [0.1, 0.15) is 0 Å². The molecule has 0 saturated heterocycles. The molecule has 2 N–H and O–H groups in total. The maximum atomic E-state index is 12.2. The monoisotopic (exact) mass is 373 g/mol. The average Bonchev–Trinajstić information content (AvgIpc) is 3.05. The van der Waals surface area contributed by atoms with Crippen molar-refractivity contribution >= 4 is 17.7 Å². The van der Waals surface area contributed by atoms with Crippen LogP contribution in [0.4, 0.5) is 0 Å². The number of amides is 1. The zero-order valence-corrected chi connectivity index (χ0v) is 16.1. The summed E-state index contributed by atoms with van der Waals surface area (Å²) in [6, 6.07) is 8.70. The standard InChI is InChI=1S/C20H27N3O2S/c1-15-7-9-16(10-8-15)11-23-12-18(13-24)22-20(23)26-14-19(25)21-17-5-3-2-4-6-17/h7-10,12,17,24H,2-6,11,13-14H2,1H3,(H,21,25). The SMILES string of the molecule is Cc1ccc(Cn2cc(CO)nc2SCC(=O)NC2CCCCC2)cc1. The van der Waals surface area contributed by atoms with Gasteiger partial charge < -0.3 is 15.0 Å². The van der Waals surface area contributed by atoms with Crippen LogP contribution in [-0.2, 0) is 17.9 Å². The van der Waals surface area contributed by atoms with E-state index in [0.29, 0.717) is 24.0 Å². The van der Waals surface area contributed by atoms with E-state index in [4.69, 9.17) is 0 Å². The first kappa shape index (κ1) is 19.0. The molecule has 1 aromatic heterocycles. The predicted octanol–water partition coefficient (Wildman–Crippen LogP) is 3.27. The predicted molar refractivity (Wildman–Crippen MR) is 104 cm³/mol. The number of aliphatic hydroxyl groups excluding tert-OH is 1. The van der Waals surface area contributed by atoms with Gasteiger partial charge in [0.05, 0.1) is 18.1 Å². The first-order chi connectivity index (χ1) is 12.6. The Morgan fingerprint density at radius 1 is 1.27 bits per heavy atom. The lowest BCUT2D eigenvalue weighted by Gasteiger charge is -2.22. The Hall–Kier alpha value is -1.79. The van der Waals surface area contributed by atoms with E-state index in [-0.39, 0.29) is 12.5 Å². The molecule has 0 spiro atoms. The third-order valence-electron chi connectivity index (χ3n) is 4.73. The van der Waals surface area contributed by atoms with Crippen molar-refractivity contribution in [3.05, 3.63) is 47.3 Å². The van der Waals surface area contributed by atoms with E-state index in [1.807, 2.05) is 10.8 Å². The summed E-state index contributed by atoms with van der Waals surface area (Å²) < 4.78 is 2.01. The lowest BCUT2D eigenvalue weighted by Crippen LogP contribution is -2.37. The van der Waals surface area contributed by atoms with Crippen molar-refractivity contribution in [2.75, 3.05) is 5.75 Å². The number of aliphatic hydroxyl groups is 1. The molecule has 0 unspecified atom stereocenters. The smallest absolute Gasteiger partial charge is 0.230 e. The number of carbonyl (C=O) groups is 1. The van der Waals surface area contributed by atoms with E-state index >= 15 is 0 Å². The summed E-state index contributed by atoms with van der Waals surface area (Å²) in [5, 5.41) is 13.3. The Kier molecular flexibility index (Phi) is 6.74. The highest BCUT2D eigenvalue weighted by molar-refractivity contribution is 7.99. The lowest BCUT2D eigenvalue weighted by molar-refractivity contribution is -0.119. The second-order valence-corrected chi connectivity index (χ2v) is 7.92. The molecule has 0 bridgehead atoms. The van der Waals surface area contributed by atoms with Crippen LogP contribution in [0.15, 0.2) is 35.6 Å². The molecule has 1 heterocycles. The number of imidazole rings is 1. The molecule has 1 aliphatic rings. The molecular weight excluding hydrogens is 346 g/mol. The topological polar surface area (TPSA) is 67.1 Å². The van der Waals surface area contributed by atoms with Crippen LogP contribution in [0.25, 0.3) is 0 Å². The molecule has 3 rings (SSSR count). The lowest BCUT2D eigenvalue weighted by atomic mass is 9.95. The maximum Gasteiger partial charge on any atom is 0.230 e. The number of thioether (sulfide) groups is 1. The van der Waals surface area contributed by atoms with Gasteiger partial charge in [-0.2, -0.15) is 0 Å². The normalized spacial score (nSPS) is 15.2. The van der Waals surface area contributed by atoms with E-state index < -0.39 is 0 Å². The van der Waals surface area contributed by atoms with Crippen LogP contribution in [-0.4, -0.2) is 32.4 Å². The van der Waals surface area contributed by atoms with E-state index in [0.717, 1.165) is 18.0 Å². The molecule has 0 aliphatic heterocycles. The Morgan fingerprint density at radius 2 is 2.00 bits per heavy atom. The first-order valence-electron chi connectivity index (χ1n) is 9.28. The second kappa shape index (κ2) is 9.24. The largest absolute Gasteiger partial charge is 0.390 e. The van der Waals surface area contributed by atoms with Crippen LogP contribution in [0.2, 0.25) is 0 Å². The molecule has 2 aromatic rings. The van der Waals surface area contributed by atoms with Gasteiger partial charge in [0.25, 0.3) is 0 Å². The average molecular weight is 374 g/mol. The number of hydrogen-bond acceptors (Lipinski definition) is 4. The van der Waals surface area contributed by atoms with Crippen LogP contribution < -0.4 is 5.32 Å². The number of aromatic nitrogens is 2. The van der Waals surface area contributed by atoms with E-state index in [2.05, 4.69) is 41.5 Å². The first-order valence-corrected chi connectivity index (χ1v) is 10.3. The fourth-order valence-corrected chi connectivity index (χ4v) is 4.10. The molecule has 0 atom stereocenters. The minimum Gasteiger partial charge on any atom is -0.390 e. The summed E-state index contributed by atoms with van der Waals surface area (Å²) in [5.41, 5.74) is 3.03. The number of carbonyl (C=O) groups excluding carboxylic acids is 1. The number of benzene rings is 1. The quantitative estimate of drug-likeness (QED) is 0.731. The van der Waals surface area contributed by atoms with Crippen LogP contribution in [0.3, 0.4) is 0 Å². The molecule has 1 saturated carbocycles. The summed E-state index contributed by atoms with van der Waals surface area (Å²) in [4.78, 5) is 16.7. The number of nitrogens with one attached hydrogen (secondary N) is 1. The molecule has 0 radical (unpaired) electrons. The number of rotatable bonds is 7. The van der Waals surface area contributed by atoms with Crippen molar-refractivity contribution in [3.63, 3.8) is 0 Å². The summed E-state index contributed by atoms with van der Waals surface area (Å²) in [5.74, 6) is 0.420. The summed E-state index contributed by atoms with van der Waals surface area (Å²) >= 11 is 1.43. The Labute approximate surface area is 159 Å². The van der Waals surface area contributed by atoms with Crippen molar-refractivity contribution < 1.29 is 9.90 Å². The summed E-state index contributed by atoms with van der Waals surface area (Å²) in [6.07, 6.45) is 7.74. The third kappa shape index (κ3) is 5.35. The van der Waals surface area contributed by atoms with Gasteiger partial charge in [0, 0.05) is 18.8 Å².